The molecule has 122 valence electrons. The Bertz CT molecular complexity index is 668. The highest BCUT2D eigenvalue weighted by atomic mass is 35.5. The number of benzene rings is 1. The highest BCUT2D eigenvalue weighted by Crippen LogP contribution is 2.23. The van der Waals surface area contributed by atoms with Gasteiger partial charge in [-0.25, -0.2) is 0 Å². The number of carbonyl (C=O) groups excluding carboxylic acids is 1. The molecule has 0 spiro atoms. The van der Waals surface area contributed by atoms with Gasteiger partial charge in [-0.3, -0.25) is 4.79 Å². The summed E-state index contributed by atoms with van der Waals surface area (Å²) in [5.74, 6) is 0.356. The summed E-state index contributed by atoms with van der Waals surface area (Å²) >= 11 is 0. The van der Waals surface area contributed by atoms with Crippen LogP contribution < -0.4 is 0 Å². The number of aromatic nitrogens is 2. The van der Waals surface area contributed by atoms with Crippen molar-refractivity contribution in [2.45, 2.75) is 18.9 Å². The molecule has 3 aliphatic heterocycles. The fourth-order valence-corrected chi connectivity index (χ4v) is 3.28. The van der Waals surface area contributed by atoms with Gasteiger partial charge >= 0.3 is 11.8 Å². The van der Waals surface area contributed by atoms with Crippen LogP contribution in [0, 0.1) is 0 Å². The first-order chi connectivity index (χ1) is 10.8. The lowest BCUT2D eigenvalue weighted by Gasteiger charge is -2.30. The van der Waals surface area contributed by atoms with Crippen molar-refractivity contribution in [3.8, 4) is 11.5 Å². The van der Waals surface area contributed by atoms with Crippen LogP contribution in [0.5, 0.6) is 0 Å². The maximum Gasteiger partial charge on any atom is 0.311 e. The van der Waals surface area contributed by atoms with Crippen LogP contribution in [0.1, 0.15) is 23.5 Å². The average Bonchev–Trinajstić information content (AvgIpc) is 2.88. The lowest BCUT2D eigenvalue weighted by Crippen LogP contribution is -2.41. The number of piperidine rings is 1. The molecule has 5 rings (SSSR count). The van der Waals surface area contributed by atoms with E-state index in [9.17, 15) is 4.79 Å². The average molecular weight is 335 g/mol. The zero-order chi connectivity index (χ0) is 14.9. The molecule has 0 saturated carbocycles. The van der Waals surface area contributed by atoms with Crippen molar-refractivity contribution in [1.29, 1.82) is 0 Å². The molecule has 3 saturated heterocycles. The Morgan fingerprint density at radius 1 is 1.04 bits per heavy atom. The van der Waals surface area contributed by atoms with Crippen molar-refractivity contribution in [1.82, 2.24) is 20.0 Å². The van der Waals surface area contributed by atoms with Gasteiger partial charge in [0.1, 0.15) is 0 Å². The molecule has 1 aromatic carbocycles. The first kappa shape index (κ1) is 16.0. The Hall–Kier alpha value is -1.92. The van der Waals surface area contributed by atoms with Gasteiger partial charge in [0.2, 0.25) is 5.89 Å². The van der Waals surface area contributed by atoms with E-state index in [-0.39, 0.29) is 24.2 Å². The Kier molecular flexibility index (Phi) is 4.63. The van der Waals surface area contributed by atoms with Gasteiger partial charge in [-0.2, -0.15) is 0 Å². The van der Waals surface area contributed by atoms with E-state index in [2.05, 4.69) is 15.1 Å². The van der Waals surface area contributed by atoms with Crippen molar-refractivity contribution >= 4 is 18.3 Å². The van der Waals surface area contributed by atoms with E-state index in [1.807, 2.05) is 35.2 Å². The molecule has 0 unspecified atom stereocenters. The second kappa shape index (κ2) is 6.68. The molecule has 4 heterocycles. The first-order valence-corrected chi connectivity index (χ1v) is 7.73. The third kappa shape index (κ3) is 3.09. The Balaban J connectivity index is 0.00000156. The highest BCUT2D eigenvalue weighted by Gasteiger charge is 2.34. The molecule has 1 aromatic heterocycles. The fraction of sp³-hybridized carbons (Fsp3) is 0.438. The number of nitrogens with zero attached hydrogens (tertiary/aromatic N) is 4. The van der Waals surface area contributed by atoms with Crippen LogP contribution in [0.15, 0.2) is 34.7 Å². The standard InChI is InChI=1S/C16H18N4O2.ClH/c21-16(20-11-10-19-8-6-13(20)7-9-19)15-18-17-14(22-15)12-4-2-1-3-5-12;/h1-5,13H,6-11H2;1H. The normalized spacial score (nSPS) is 23.2. The van der Waals surface area contributed by atoms with Gasteiger partial charge in [0, 0.05) is 37.8 Å². The van der Waals surface area contributed by atoms with E-state index < -0.39 is 0 Å². The number of hydrogen-bond donors (Lipinski definition) is 0. The molecule has 3 fully saturated rings. The van der Waals surface area contributed by atoms with Gasteiger partial charge in [0.25, 0.3) is 0 Å². The van der Waals surface area contributed by atoms with Crippen LogP contribution in [-0.4, -0.2) is 58.1 Å². The molecule has 3 aliphatic rings. The van der Waals surface area contributed by atoms with E-state index in [1.54, 1.807) is 0 Å². The minimum absolute atomic E-state index is 0. The van der Waals surface area contributed by atoms with Gasteiger partial charge in [-0.15, -0.1) is 22.6 Å². The Morgan fingerprint density at radius 2 is 1.78 bits per heavy atom. The molecule has 0 atom stereocenters. The van der Waals surface area contributed by atoms with Crippen LogP contribution >= 0.6 is 12.4 Å². The minimum atomic E-state index is -0.136. The van der Waals surface area contributed by atoms with E-state index >= 15 is 0 Å². The van der Waals surface area contributed by atoms with E-state index in [0.29, 0.717) is 11.9 Å². The molecule has 0 aliphatic carbocycles. The predicted octanol–water partition coefficient (Wildman–Crippen LogP) is 2.08. The molecule has 23 heavy (non-hydrogen) atoms. The summed E-state index contributed by atoms with van der Waals surface area (Å²) in [5.41, 5.74) is 0.831. The number of fused-ring (bicyclic) bond motifs is 4. The molecular formula is C16H19ClN4O2. The zero-order valence-corrected chi connectivity index (χ0v) is 13.5. The third-order valence-electron chi connectivity index (χ3n) is 4.54. The van der Waals surface area contributed by atoms with Crippen LogP contribution in [0.4, 0.5) is 0 Å². The van der Waals surface area contributed by atoms with E-state index in [1.165, 1.54) is 0 Å². The molecule has 2 aromatic rings. The molecule has 6 nitrogen and oxygen atoms in total. The molecule has 2 bridgehead atoms. The second-order valence-electron chi connectivity index (χ2n) is 5.85. The number of halogens is 1. The number of hydrogen-bond acceptors (Lipinski definition) is 5. The van der Waals surface area contributed by atoms with Gasteiger partial charge in [0.15, 0.2) is 0 Å². The van der Waals surface area contributed by atoms with Gasteiger partial charge in [-0.1, -0.05) is 18.2 Å². The van der Waals surface area contributed by atoms with E-state index in [4.69, 9.17) is 4.42 Å². The molecular weight excluding hydrogens is 316 g/mol. The van der Waals surface area contributed by atoms with Crippen molar-refractivity contribution in [2.24, 2.45) is 0 Å². The summed E-state index contributed by atoms with van der Waals surface area (Å²) < 4.78 is 5.60. The van der Waals surface area contributed by atoms with E-state index in [0.717, 1.165) is 44.6 Å². The number of rotatable bonds is 2. The topological polar surface area (TPSA) is 62.5 Å². The monoisotopic (exact) mass is 334 g/mol. The van der Waals surface area contributed by atoms with Gasteiger partial charge in [-0.05, 0) is 25.0 Å². The van der Waals surface area contributed by atoms with Gasteiger partial charge in [0.05, 0.1) is 0 Å². The largest absolute Gasteiger partial charge is 0.412 e. The van der Waals surface area contributed by atoms with Crippen LogP contribution in [-0.2, 0) is 0 Å². The van der Waals surface area contributed by atoms with Crippen LogP contribution in [0.3, 0.4) is 0 Å². The summed E-state index contributed by atoms with van der Waals surface area (Å²) in [6.45, 7) is 3.83. The summed E-state index contributed by atoms with van der Waals surface area (Å²) in [5, 5.41) is 7.97. The first-order valence-electron chi connectivity index (χ1n) is 7.73. The smallest absolute Gasteiger partial charge is 0.311 e. The lowest BCUT2D eigenvalue weighted by atomic mass is 10.1. The second-order valence-corrected chi connectivity index (χ2v) is 5.85. The summed E-state index contributed by atoms with van der Waals surface area (Å²) in [7, 11) is 0. The van der Waals surface area contributed by atoms with Crippen molar-refractivity contribution in [3.05, 3.63) is 36.2 Å². The maximum absolute atomic E-state index is 12.7. The highest BCUT2D eigenvalue weighted by molar-refractivity contribution is 5.90. The zero-order valence-electron chi connectivity index (χ0n) is 12.7. The lowest BCUT2D eigenvalue weighted by molar-refractivity contribution is 0.0645. The Morgan fingerprint density at radius 3 is 2.52 bits per heavy atom. The quantitative estimate of drug-likeness (QED) is 0.841. The summed E-state index contributed by atoms with van der Waals surface area (Å²) in [6, 6.07) is 9.82. The summed E-state index contributed by atoms with van der Waals surface area (Å²) in [4.78, 5) is 17.0. The van der Waals surface area contributed by atoms with Crippen molar-refractivity contribution in [3.63, 3.8) is 0 Å². The van der Waals surface area contributed by atoms with Gasteiger partial charge < -0.3 is 14.2 Å². The number of carbonyl (C=O) groups is 1. The molecule has 0 N–H and O–H groups in total. The summed E-state index contributed by atoms with van der Waals surface area (Å²) in [6.07, 6.45) is 2.07. The minimum Gasteiger partial charge on any atom is -0.412 e. The molecule has 7 heteroatoms. The number of amides is 1. The fourth-order valence-electron chi connectivity index (χ4n) is 3.28. The third-order valence-corrected chi connectivity index (χ3v) is 4.54. The molecule has 0 radical (unpaired) electrons. The van der Waals surface area contributed by atoms with Crippen molar-refractivity contribution < 1.29 is 9.21 Å². The Labute approximate surface area is 140 Å². The SMILES string of the molecule is Cl.O=C(c1nnc(-c2ccccc2)o1)N1CCN2CCC1CC2. The molecule has 1 amide bonds. The van der Waals surface area contributed by atoms with Crippen molar-refractivity contribution in [2.75, 3.05) is 26.2 Å². The maximum atomic E-state index is 12.7. The predicted molar refractivity (Wildman–Crippen MR) is 87.5 cm³/mol. The van der Waals surface area contributed by atoms with Crippen LogP contribution in [0.2, 0.25) is 0 Å². The van der Waals surface area contributed by atoms with Crippen LogP contribution in [0.25, 0.3) is 11.5 Å².